The lowest BCUT2D eigenvalue weighted by Crippen LogP contribution is -2.37. The Kier molecular flexibility index (Phi) is 11.1. The fourth-order valence-corrected chi connectivity index (χ4v) is 1.91. The molecule has 15 heavy (non-hydrogen) atoms. The maximum atomic E-state index is 6.24. The summed E-state index contributed by atoms with van der Waals surface area (Å²) in [4.78, 5) is 2.38. The van der Waals surface area contributed by atoms with E-state index >= 15 is 0 Å². The van der Waals surface area contributed by atoms with Crippen molar-refractivity contribution in [2.24, 2.45) is 5.92 Å². The van der Waals surface area contributed by atoms with Crippen LogP contribution in [0, 0.1) is 5.92 Å². The van der Waals surface area contributed by atoms with Gasteiger partial charge in [-0.3, -0.25) is 0 Å². The molecule has 0 N–H and O–H groups in total. The summed E-state index contributed by atoms with van der Waals surface area (Å²) >= 11 is 6.24. The van der Waals surface area contributed by atoms with Crippen molar-refractivity contribution in [3.05, 3.63) is 0 Å². The fourth-order valence-electron chi connectivity index (χ4n) is 1.70. The van der Waals surface area contributed by atoms with Crippen molar-refractivity contribution in [1.82, 2.24) is 4.90 Å². The van der Waals surface area contributed by atoms with Gasteiger partial charge in [-0.15, -0.1) is 11.6 Å². The number of alkyl halides is 1. The third-order valence-corrected chi connectivity index (χ3v) is 3.00. The summed E-state index contributed by atoms with van der Waals surface area (Å²) in [5, 5.41) is 0. The Morgan fingerprint density at radius 3 is 1.60 bits per heavy atom. The van der Waals surface area contributed by atoms with E-state index in [4.69, 9.17) is 11.6 Å². The number of piperidine rings is 1. The van der Waals surface area contributed by atoms with E-state index in [-0.39, 0.29) is 4.87 Å². The number of halogens is 1. The summed E-state index contributed by atoms with van der Waals surface area (Å²) in [6, 6.07) is 0. The van der Waals surface area contributed by atoms with Gasteiger partial charge in [-0.2, -0.15) is 0 Å². The molecular formula is C13H30ClN. The number of hydrogen-bond donors (Lipinski definition) is 0. The molecule has 1 heterocycles. The van der Waals surface area contributed by atoms with Crippen molar-refractivity contribution in [2.45, 2.75) is 59.3 Å². The van der Waals surface area contributed by atoms with Crippen LogP contribution < -0.4 is 0 Å². The highest BCUT2D eigenvalue weighted by atomic mass is 35.5. The lowest BCUT2D eigenvalue weighted by atomic mass is 9.86. The van der Waals surface area contributed by atoms with Crippen molar-refractivity contribution < 1.29 is 0 Å². The minimum absolute atomic E-state index is 0.00125. The van der Waals surface area contributed by atoms with Gasteiger partial charge in [0.15, 0.2) is 0 Å². The molecule has 0 aromatic heterocycles. The zero-order valence-electron chi connectivity index (χ0n) is 11.7. The maximum Gasteiger partial charge on any atom is 0.0419 e. The van der Waals surface area contributed by atoms with Gasteiger partial charge in [-0.1, -0.05) is 27.7 Å². The van der Waals surface area contributed by atoms with Crippen LogP contribution in [0.15, 0.2) is 0 Å². The minimum Gasteiger partial charge on any atom is -0.306 e. The highest BCUT2D eigenvalue weighted by Gasteiger charge is 2.29. The van der Waals surface area contributed by atoms with Gasteiger partial charge in [0, 0.05) is 4.87 Å². The van der Waals surface area contributed by atoms with E-state index in [1.807, 2.05) is 27.7 Å². The van der Waals surface area contributed by atoms with Gasteiger partial charge < -0.3 is 4.90 Å². The predicted molar refractivity (Wildman–Crippen MR) is 72.8 cm³/mol. The van der Waals surface area contributed by atoms with E-state index in [0.29, 0.717) is 5.92 Å². The second-order valence-electron chi connectivity index (χ2n) is 4.14. The fraction of sp³-hybridized carbons (Fsp3) is 1.00. The van der Waals surface area contributed by atoms with E-state index in [0.717, 1.165) is 0 Å². The summed E-state index contributed by atoms with van der Waals surface area (Å²) in [6.07, 6.45) is 2.51. The predicted octanol–water partition coefficient (Wildman–Crippen LogP) is 4.40. The first-order valence-electron chi connectivity index (χ1n) is 6.37. The molecule has 1 nitrogen and oxygen atoms in total. The number of rotatable bonds is 1. The molecule has 0 saturated carbocycles. The molecule has 1 rings (SSSR count). The maximum absolute atomic E-state index is 6.24. The molecule has 94 valence electrons. The molecule has 0 aromatic rings. The smallest absolute Gasteiger partial charge is 0.0419 e. The van der Waals surface area contributed by atoms with Crippen LogP contribution in [0.4, 0.5) is 0 Å². The van der Waals surface area contributed by atoms with Gasteiger partial charge in [0.2, 0.25) is 0 Å². The molecule has 2 heteroatoms. The van der Waals surface area contributed by atoms with Gasteiger partial charge in [0.1, 0.15) is 0 Å². The summed E-state index contributed by atoms with van der Waals surface area (Å²) < 4.78 is 0. The Labute approximate surface area is 102 Å². The molecule has 0 bridgehead atoms. The number of hydrogen-bond acceptors (Lipinski definition) is 1. The third kappa shape index (κ3) is 8.10. The Bertz CT molecular complexity index is 121. The molecule has 0 aliphatic carbocycles. The van der Waals surface area contributed by atoms with Crippen molar-refractivity contribution in [1.29, 1.82) is 0 Å². The van der Waals surface area contributed by atoms with Gasteiger partial charge in [-0.05, 0) is 52.7 Å². The van der Waals surface area contributed by atoms with Gasteiger partial charge in [-0.25, -0.2) is 0 Å². The SMILES string of the molecule is CC.CC.CN1CCC(C(C)(C)Cl)CC1. The molecule has 1 aliphatic heterocycles. The first-order chi connectivity index (χ1) is 7.00. The number of likely N-dealkylation sites (tertiary alicyclic amines) is 1. The van der Waals surface area contributed by atoms with Crippen LogP contribution in [0.25, 0.3) is 0 Å². The molecule has 1 fully saturated rings. The number of nitrogens with zero attached hydrogens (tertiary/aromatic N) is 1. The normalized spacial score (nSPS) is 18.4. The van der Waals surface area contributed by atoms with Crippen LogP contribution >= 0.6 is 11.6 Å². The van der Waals surface area contributed by atoms with Crippen LogP contribution in [-0.4, -0.2) is 29.9 Å². The van der Waals surface area contributed by atoms with Crippen LogP contribution in [0.5, 0.6) is 0 Å². The van der Waals surface area contributed by atoms with Crippen molar-refractivity contribution in [2.75, 3.05) is 20.1 Å². The Balaban J connectivity index is 0. The van der Waals surface area contributed by atoms with E-state index in [9.17, 15) is 0 Å². The Morgan fingerprint density at radius 1 is 1.00 bits per heavy atom. The highest BCUT2D eigenvalue weighted by molar-refractivity contribution is 6.23. The minimum atomic E-state index is 0.00125. The molecular weight excluding hydrogens is 206 g/mol. The van der Waals surface area contributed by atoms with Crippen LogP contribution in [0.1, 0.15) is 54.4 Å². The van der Waals surface area contributed by atoms with E-state index in [2.05, 4.69) is 25.8 Å². The van der Waals surface area contributed by atoms with E-state index < -0.39 is 0 Å². The topological polar surface area (TPSA) is 3.24 Å². The monoisotopic (exact) mass is 235 g/mol. The van der Waals surface area contributed by atoms with Crippen LogP contribution in [-0.2, 0) is 0 Å². The highest BCUT2D eigenvalue weighted by Crippen LogP contribution is 2.32. The molecule has 0 amide bonds. The summed E-state index contributed by atoms with van der Waals surface area (Å²) in [5.41, 5.74) is 0. The lowest BCUT2D eigenvalue weighted by molar-refractivity contribution is 0.195. The quantitative estimate of drug-likeness (QED) is 0.609. The standard InChI is InChI=1S/C9H18ClN.2C2H6/c1-9(2,10)8-4-6-11(3)7-5-8;2*1-2/h8H,4-7H2,1-3H3;2*1-2H3. The molecule has 0 spiro atoms. The van der Waals surface area contributed by atoms with Crippen molar-refractivity contribution in [3.8, 4) is 0 Å². The molecule has 0 atom stereocenters. The second kappa shape index (κ2) is 9.47. The van der Waals surface area contributed by atoms with Gasteiger partial charge in [0.05, 0.1) is 0 Å². The first kappa shape index (κ1) is 17.6. The largest absolute Gasteiger partial charge is 0.306 e. The van der Waals surface area contributed by atoms with Crippen LogP contribution in [0.3, 0.4) is 0 Å². The molecule has 0 unspecified atom stereocenters. The van der Waals surface area contributed by atoms with E-state index in [1.165, 1.54) is 25.9 Å². The van der Waals surface area contributed by atoms with Gasteiger partial charge in [0.25, 0.3) is 0 Å². The second-order valence-corrected chi connectivity index (χ2v) is 5.12. The average Bonchev–Trinajstić information content (AvgIpc) is 2.23. The zero-order valence-corrected chi connectivity index (χ0v) is 12.5. The summed E-state index contributed by atoms with van der Waals surface area (Å²) in [6.45, 7) is 14.7. The summed E-state index contributed by atoms with van der Waals surface area (Å²) in [5.74, 6) is 0.709. The van der Waals surface area contributed by atoms with Crippen LogP contribution in [0.2, 0.25) is 0 Å². The molecule has 1 saturated heterocycles. The Hall–Kier alpha value is 0.250. The van der Waals surface area contributed by atoms with E-state index in [1.54, 1.807) is 0 Å². The first-order valence-corrected chi connectivity index (χ1v) is 6.75. The van der Waals surface area contributed by atoms with Crippen molar-refractivity contribution >= 4 is 11.6 Å². The average molecular weight is 236 g/mol. The Morgan fingerprint density at radius 2 is 1.33 bits per heavy atom. The van der Waals surface area contributed by atoms with Crippen molar-refractivity contribution in [3.63, 3.8) is 0 Å². The summed E-state index contributed by atoms with van der Waals surface area (Å²) in [7, 11) is 2.18. The molecule has 1 aliphatic rings. The van der Waals surface area contributed by atoms with Gasteiger partial charge >= 0.3 is 0 Å². The lowest BCUT2D eigenvalue weighted by Gasteiger charge is -2.35. The third-order valence-electron chi connectivity index (χ3n) is 2.69. The molecule has 0 aromatic carbocycles. The molecule has 0 radical (unpaired) electrons. The zero-order chi connectivity index (χ0) is 12.5.